The smallest absolute Gasteiger partial charge is 0.330 e. The number of carbonyl (C=O) groups is 2. The molecule has 12 heteroatoms. The van der Waals surface area contributed by atoms with Crippen LogP contribution in [-0.4, -0.2) is 81.3 Å². The number of likely N-dealkylation sites (N-methyl/N-ethyl adjacent to an activating group) is 1. The second kappa shape index (κ2) is 13.9. The van der Waals surface area contributed by atoms with Crippen molar-refractivity contribution in [3.8, 4) is 34.8 Å². The highest BCUT2D eigenvalue weighted by molar-refractivity contribution is 5.87. The number of fused-ring (bicyclic) bond motifs is 9. The summed E-state index contributed by atoms with van der Waals surface area (Å²) in [6.45, 7) is 5.06. The molecule has 3 aromatic rings. The van der Waals surface area contributed by atoms with Crippen molar-refractivity contribution in [2.24, 2.45) is 0 Å². The van der Waals surface area contributed by atoms with E-state index < -0.39 is 24.0 Å². The first kappa shape index (κ1) is 34.4. The molecule has 4 aliphatic heterocycles. The highest BCUT2D eigenvalue weighted by Gasteiger charge is 2.57. The number of piperazine rings is 1. The highest BCUT2D eigenvalue weighted by atomic mass is 16.7. The van der Waals surface area contributed by atoms with Gasteiger partial charge in [-0.25, -0.2) is 4.79 Å². The Kier molecular flexibility index (Phi) is 9.37. The van der Waals surface area contributed by atoms with Gasteiger partial charge in [-0.2, -0.15) is 5.26 Å². The lowest BCUT2D eigenvalue weighted by Crippen LogP contribution is -2.68. The fourth-order valence-electron chi connectivity index (χ4n) is 8.45. The first-order valence-electron chi connectivity index (χ1n) is 16.9. The van der Waals surface area contributed by atoms with Crippen molar-refractivity contribution in [1.29, 1.82) is 5.26 Å². The third-order valence-electron chi connectivity index (χ3n) is 10.4. The Hall–Kier alpha value is -5.09. The average molecular weight is 696 g/mol. The van der Waals surface area contributed by atoms with E-state index in [1.807, 2.05) is 51.2 Å². The molecule has 0 amide bonds. The first-order chi connectivity index (χ1) is 24.7. The molecule has 0 N–H and O–H groups in total. The molecule has 266 valence electrons. The fourth-order valence-corrected chi connectivity index (χ4v) is 8.45. The fraction of sp³-hybridized carbons (Fsp3) is 0.410. The van der Waals surface area contributed by atoms with Crippen LogP contribution in [0.5, 0.6) is 28.7 Å². The van der Waals surface area contributed by atoms with Crippen LogP contribution in [0.1, 0.15) is 58.0 Å². The van der Waals surface area contributed by atoms with E-state index in [2.05, 4.69) is 21.9 Å². The van der Waals surface area contributed by atoms with E-state index in [1.54, 1.807) is 20.3 Å². The van der Waals surface area contributed by atoms with E-state index in [-0.39, 0.29) is 38.3 Å². The van der Waals surface area contributed by atoms with Crippen LogP contribution in [0.2, 0.25) is 0 Å². The molecule has 0 spiro atoms. The lowest BCUT2D eigenvalue weighted by molar-refractivity contribution is -0.143. The number of carbonyl (C=O) groups excluding carboxylic acids is 2. The number of methoxy groups -OCH3 is 2. The molecule has 4 heterocycles. The van der Waals surface area contributed by atoms with Gasteiger partial charge in [0.05, 0.1) is 25.3 Å². The van der Waals surface area contributed by atoms with Crippen LogP contribution in [0, 0.1) is 25.2 Å². The molecule has 0 saturated carbocycles. The van der Waals surface area contributed by atoms with Crippen LogP contribution >= 0.6 is 0 Å². The highest BCUT2D eigenvalue weighted by Crippen LogP contribution is 2.58. The molecular weight excluding hydrogens is 654 g/mol. The summed E-state index contributed by atoms with van der Waals surface area (Å²) in [5.41, 5.74) is 5.83. The number of benzene rings is 3. The van der Waals surface area contributed by atoms with Crippen molar-refractivity contribution < 1.29 is 42.7 Å². The molecular formula is C39H41N3O9. The van der Waals surface area contributed by atoms with Crippen molar-refractivity contribution in [2.75, 3.05) is 41.5 Å². The van der Waals surface area contributed by atoms with Crippen molar-refractivity contribution in [3.05, 3.63) is 81.4 Å². The quantitative estimate of drug-likeness (QED) is 0.130. The normalized spacial score (nSPS) is 23.1. The maximum atomic E-state index is 13.3. The van der Waals surface area contributed by atoms with Crippen molar-refractivity contribution in [1.82, 2.24) is 9.80 Å². The molecule has 7 rings (SSSR count). The number of rotatable bonds is 9. The standard InChI is InChI=1S/C39H41N3O9/c1-21-14-25-15-27-29(17-40)42-28(34(41(27)4)32(25)38(35(21)46-6)48-19-45-5)16-26-33(39-37(49-20-50-39)22(2)36(26)51-23(3)43)30(42)18-47-31(44)13-12-24-10-8-7-9-11-24/h7-14,27-30,34H,15-16,18-20H2,1-6H3/b13-12+/t27-,28?,29-,30-,34+/m0/s1. The Morgan fingerprint density at radius 3 is 2.49 bits per heavy atom. The van der Waals surface area contributed by atoms with Gasteiger partial charge in [-0.1, -0.05) is 36.4 Å². The summed E-state index contributed by atoms with van der Waals surface area (Å²) in [6, 6.07) is 12.1. The van der Waals surface area contributed by atoms with Crippen LogP contribution in [-0.2, 0) is 31.9 Å². The zero-order valence-electron chi connectivity index (χ0n) is 29.6. The van der Waals surface area contributed by atoms with Gasteiger partial charge in [0.25, 0.3) is 0 Å². The third-order valence-corrected chi connectivity index (χ3v) is 10.4. The summed E-state index contributed by atoms with van der Waals surface area (Å²) < 4.78 is 41.5. The van der Waals surface area contributed by atoms with Gasteiger partial charge in [0.15, 0.2) is 29.8 Å². The number of hydrogen-bond acceptors (Lipinski definition) is 12. The Morgan fingerprint density at radius 2 is 1.78 bits per heavy atom. The molecule has 51 heavy (non-hydrogen) atoms. The average Bonchev–Trinajstić information content (AvgIpc) is 3.61. The van der Waals surface area contributed by atoms with Crippen LogP contribution in [0.3, 0.4) is 0 Å². The van der Waals surface area contributed by atoms with Crippen molar-refractivity contribution in [2.45, 2.75) is 63.8 Å². The van der Waals surface area contributed by atoms with Gasteiger partial charge in [0.1, 0.15) is 18.4 Å². The minimum absolute atomic E-state index is 0.0124. The predicted octanol–water partition coefficient (Wildman–Crippen LogP) is 4.98. The van der Waals surface area contributed by atoms with Crippen molar-refractivity contribution >= 4 is 18.0 Å². The number of aryl methyl sites for hydroxylation is 1. The molecule has 1 unspecified atom stereocenters. The first-order valence-corrected chi connectivity index (χ1v) is 16.9. The molecule has 1 fully saturated rings. The largest absolute Gasteiger partial charge is 0.493 e. The van der Waals surface area contributed by atoms with Crippen LogP contribution in [0.25, 0.3) is 6.08 Å². The molecule has 0 aliphatic carbocycles. The van der Waals surface area contributed by atoms with Gasteiger partial charge in [-0.15, -0.1) is 0 Å². The maximum absolute atomic E-state index is 13.3. The van der Waals surface area contributed by atoms with Gasteiger partial charge in [0.2, 0.25) is 6.79 Å². The van der Waals surface area contributed by atoms with E-state index in [4.69, 9.17) is 33.2 Å². The Labute approximate surface area is 297 Å². The third kappa shape index (κ3) is 5.85. The summed E-state index contributed by atoms with van der Waals surface area (Å²) in [6.07, 6.45) is 4.04. The number of esters is 2. The number of ether oxygens (including phenoxy) is 7. The van der Waals surface area contributed by atoms with E-state index >= 15 is 0 Å². The molecule has 3 aromatic carbocycles. The minimum Gasteiger partial charge on any atom is -0.493 e. The summed E-state index contributed by atoms with van der Waals surface area (Å²) in [5, 5.41) is 11.0. The lowest BCUT2D eigenvalue weighted by atomic mass is 9.71. The zero-order chi connectivity index (χ0) is 36.0. The summed E-state index contributed by atoms with van der Waals surface area (Å²) in [7, 11) is 5.22. The van der Waals surface area contributed by atoms with E-state index in [9.17, 15) is 14.9 Å². The van der Waals surface area contributed by atoms with Gasteiger partial charge >= 0.3 is 11.9 Å². The predicted molar refractivity (Wildman–Crippen MR) is 185 cm³/mol. The monoisotopic (exact) mass is 695 g/mol. The van der Waals surface area contributed by atoms with E-state index in [1.165, 1.54) is 13.0 Å². The molecule has 4 aliphatic rings. The molecule has 2 bridgehead atoms. The summed E-state index contributed by atoms with van der Waals surface area (Å²) in [4.78, 5) is 30.3. The van der Waals surface area contributed by atoms with Gasteiger partial charge in [-0.05, 0) is 56.5 Å². The van der Waals surface area contributed by atoms with Crippen LogP contribution in [0.15, 0.2) is 42.5 Å². The number of nitrogens with zero attached hydrogens (tertiary/aromatic N) is 3. The van der Waals surface area contributed by atoms with Crippen LogP contribution < -0.4 is 23.7 Å². The summed E-state index contributed by atoms with van der Waals surface area (Å²) in [5.74, 6) is 1.53. The summed E-state index contributed by atoms with van der Waals surface area (Å²) >= 11 is 0. The SMILES string of the molecule is COCOc1c(OC)c(C)cc2c1[C@H]1C3Cc4c(OC(C)=O)c(C)c5c(c4[C@H](COC(=O)/C=C/c4ccccc4)N3[C@@H](C#N)[C@H](C2)N1C)OCO5. The van der Waals surface area contributed by atoms with Crippen LogP contribution in [0.4, 0.5) is 0 Å². The Bertz CT molecular complexity index is 1940. The molecule has 1 saturated heterocycles. The number of hydrogen-bond donors (Lipinski definition) is 0. The second-order valence-electron chi connectivity index (χ2n) is 13.2. The molecule has 0 aromatic heterocycles. The molecule has 12 nitrogen and oxygen atoms in total. The molecule has 5 atom stereocenters. The molecule has 0 radical (unpaired) electrons. The Morgan fingerprint density at radius 1 is 1.02 bits per heavy atom. The maximum Gasteiger partial charge on any atom is 0.330 e. The lowest BCUT2D eigenvalue weighted by Gasteiger charge is -2.59. The van der Waals surface area contributed by atoms with E-state index in [0.717, 1.165) is 27.8 Å². The van der Waals surface area contributed by atoms with E-state index in [0.29, 0.717) is 52.7 Å². The number of nitriles is 1. The van der Waals surface area contributed by atoms with Gasteiger partial charge < -0.3 is 33.2 Å². The van der Waals surface area contributed by atoms with Gasteiger partial charge in [-0.3, -0.25) is 14.6 Å². The van der Waals surface area contributed by atoms with Crippen molar-refractivity contribution in [3.63, 3.8) is 0 Å². The minimum atomic E-state index is -0.654. The topological polar surface area (TPSA) is 129 Å². The zero-order valence-corrected chi connectivity index (χ0v) is 29.6. The Balaban J connectivity index is 1.40. The van der Waals surface area contributed by atoms with Gasteiger partial charge in [0, 0.05) is 54.4 Å². The second-order valence-corrected chi connectivity index (χ2v) is 13.2.